The fourth-order valence-electron chi connectivity index (χ4n) is 2.93. The predicted molar refractivity (Wildman–Crippen MR) is 107 cm³/mol. The molecule has 28 heavy (non-hydrogen) atoms. The minimum atomic E-state index is -0.303. The molecule has 0 atom stereocenters. The number of fused-ring (bicyclic) bond motifs is 2. The molecule has 0 radical (unpaired) electrons. The topological polar surface area (TPSA) is 133 Å². The first-order valence-electron chi connectivity index (χ1n) is 8.39. The fraction of sp³-hybridized carbons (Fsp3) is 0. The van der Waals surface area contributed by atoms with E-state index in [1.165, 1.54) is 6.21 Å². The smallest absolute Gasteiger partial charge is 0.191 e. The minimum absolute atomic E-state index is 0.000455. The van der Waals surface area contributed by atoms with Gasteiger partial charge in [-0.1, -0.05) is 42.5 Å². The summed E-state index contributed by atoms with van der Waals surface area (Å²) in [5.41, 5.74) is 6.98. The molecule has 0 saturated heterocycles. The van der Waals surface area contributed by atoms with Crippen molar-refractivity contribution in [1.82, 2.24) is 9.71 Å². The highest BCUT2D eigenvalue weighted by molar-refractivity contribution is 6.03. The van der Waals surface area contributed by atoms with Crippen molar-refractivity contribution in [2.75, 3.05) is 0 Å². The summed E-state index contributed by atoms with van der Waals surface area (Å²) in [6.45, 7) is 0. The van der Waals surface area contributed by atoms with Crippen molar-refractivity contribution in [3.05, 3.63) is 77.4 Å². The molecule has 0 bridgehead atoms. The lowest BCUT2D eigenvalue weighted by molar-refractivity contribution is 0.183. The van der Waals surface area contributed by atoms with Gasteiger partial charge in [0.1, 0.15) is 11.3 Å². The van der Waals surface area contributed by atoms with E-state index in [0.29, 0.717) is 21.3 Å². The lowest BCUT2D eigenvalue weighted by atomic mass is 10.0. The van der Waals surface area contributed by atoms with Crippen molar-refractivity contribution in [3.8, 4) is 5.75 Å². The number of aromatic hydroxyl groups is 1. The largest absolute Gasteiger partial charge is 0.507 e. The number of nitrogens with one attached hydrogen (secondary N) is 1. The van der Waals surface area contributed by atoms with Crippen LogP contribution >= 0.6 is 0 Å². The second kappa shape index (κ2) is 6.84. The number of aromatic nitrogens is 2. The quantitative estimate of drug-likeness (QED) is 0.190. The molecule has 4 aromatic rings. The number of hydrogen-bond donors (Lipinski definition) is 4. The molecule has 138 valence electrons. The number of hydrogen-bond acceptors (Lipinski definition) is 6. The van der Waals surface area contributed by atoms with Crippen LogP contribution in [-0.2, 0) is 0 Å². The number of phenolic OH excluding ortho intramolecular Hbond substituents is 1. The van der Waals surface area contributed by atoms with E-state index in [2.05, 4.69) is 15.2 Å². The second-order valence-electron chi connectivity index (χ2n) is 6.06. The second-order valence-corrected chi connectivity index (χ2v) is 6.06. The van der Waals surface area contributed by atoms with Crippen LogP contribution in [0.25, 0.3) is 21.8 Å². The van der Waals surface area contributed by atoms with Gasteiger partial charge in [0.25, 0.3) is 0 Å². The van der Waals surface area contributed by atoms with Crippen LogP contribution in [0.15, 0.2) is 70.9 Å². The third-order valence-corrected chi connectivity index (χ3v) is 4.32. The molecule has 5 N–H and O–H groups in total. The average molecular weight is 372 g/mol. The monoisotopic (exact) mass is 372 g/mol. The van der Waals surface area contributed by atoms with E-state index in [1.807, 2.05) is 30.3 Å². The number of benzene rings is 3. The van der Waals surface area contributed by atoms with Crippen molar-refractivity contribution in [3.63, 3.8) is 0 Å². The standard InChI is InChI=1S/C20H16N6O2/c21-19(18-20(22)26(28)16-8-4-3-7-15(16)24-18)25-23-11-14-13-6-2-1-5-12(13)9-10-17(14)27/h1-11,22,27-28H,(H2,21,25). The summed E-state index contributed by atoms with van der Waals surface area (Å²) in [5, 5.41) is 37.9. The third-order valence-electron chi connectivity index (χ3n) is 4.32. The zero-order valence-electron chi connectivity index (χ0n) is 14.6. The van der Waals surface area contributed by atoms with Gasteiger partial charge in [-0.15, -0.1) is 5.10 Å². The fourth-order valence-corrected chi connectivity index (χ4v) is 2.93. The molecular formula is C20H16N6O2. The van der Waals surface area contributed by atoms with Crippen molar-refractivity contribution in [2.45, 2.75) is 0 Å². The van der Waals surface area contributed by atoms with Crippen LogP contribution in [0.2, 0.25) is 0 Å². The molecule has 1 aromatic heterocycles. The van der Waals surface area contributed by atoms with Gasteiger partial charge < -0.3 is 16.0 Å². The Balaban J connectivity index is 1.75. The van der Waals surface area contributed by atoms with Crippen LogP contribution in [-0.4, -0.2) is 32.1 Å². The highest BCUT2D eigenvalue weighted by Gasteiger charge is 2.11. The molecule has 0 amide bonds. The van der Waals surface area contributed by atoms with Gasteiger partial charge in [0.15, 0.2) is 17.0 Å². The molecule has 0 spiro atoms. The summed E-state index contributed by atoms with van der Waals surface area (Å²) in [6, 6.07) is 17.8. The van der Waals surface area contributed by atoms with Gasteiger partial charge in [-0.25, -0.2) is 4.98 Å². The number of nitrogens with two attached hydrogens (primary N) is 1. The molecule has 8 heteroatoms. The average Bonchev–Trinajstić information content (AvgIpc) is 2.72. The molecular weight excluding hydrogens is 356 g/mol. The van der Waals surface area contributed by atoms with Crippen molar-refractivity contribution < 1.29 is 10.3 Å². The van der Waals surface area contributed by atoms with Gasteiger partial charge in [-0.05, 0) is 29.0 Å². The Bertz CT molecular complexity index is 1320. The van der Waals surface area contributed by atoms with Crippen molar-refractivity contribution >= 4 is 33.9 Å². The Morgan fingerprint density at radius 1 is 1.07 bits per heavy atom. The predicted octanol–water partition coefficient (Wildman–Crippen LogP) is 2.35. The van der Waals surface area contributed by atoms with Crippen molar-refractivity contribution in [2.24, 2.45) is 15.9 Å². The van der Waals surface area contributed by atoms with E-state index < -0.39 is 0 Å². The maximum atomic E-state index is 10.2. The SMILES string of the molecule is N=c1c(C(N)=NN=Cc2c(O)ccc3ccccc23)nc2ccccc2n1O. The van der Waals surface area contributed by atoms with E-state index in [4.69, 9.17) is 11.1 Å². The molecule has 0 aliphatic rings. The van der Waals surface area contributed by atoms with Gasteiger partial charge in [0, 0.05) is 5.56 Å². The Morgan fingerprint density at radius 2 is 1.82 bits per heavy atom. The lowest BCUT2D eigenvalue weighted by Crippen LogP contribution is -2.31. The summed E-state index contributed by atoms with van der Waals surface area (Å²) in [5.74, 6) is -0.0658. The normalized spacial score (nSPS) is 12.2. The van der Waals surface area contributed by atoms with Gasteiger partial charge in [-0.3, -0.25) is 5.41 Å². The third kappa shape index (κ3) is 2.92. The van der Waals surface area contributed by atoms with E-state index >= 15 is 0 Å². The van der Waals surface area contributed by atoms with Crippen LogP contribution in [0, 0.1) is 5.41 Å². The number of para-hydroxylation sites is 2. The Morgan fingerprint density at radius 3 is 2.68 bits per heavy atom. The number of amidine groups is 1. The maximum absolute atomic E-state index is 10.2. The Kier molecular flexibility index (Phi) is 4.21. The van der Waals surface area contributed by atoms with E-state index in [9.17, 15) is 10.3 Å². The summed E-state index contributed by atoms with van der Waals surface area (Å²) < 4.78 is 0.695. The minimum Gasteiger partial charge on any atom is -0.507 e. The zero-order chi connectivity index (χ0) is 19.7. The highest BCUT2D eigenvalue weighted by atomic mass is 16.5. The van der Waals surface area contributed by atoms with Crippen molar-refractivity contribution in [1.29, 1.82) is 5.41 Å². The molecule has 8 nitrogen and oxygen atoms in total. The lowest BCUT2D eigenvalue weighted by Gasteiger charge is -2.07. The van der Waals surface area contributed by atoms with Gasteiger partial charge in [0.2, 0.25) is 0 Å². The first kappa shape index (κ1) is 17.2. The van der Waals surface area contributed by atoms with Crippen LogP contribution in [0.3, 0.4) is 0 Å². The molecule has 3 aromatic carbocycles. The molecule has 0 aliphatic carbocycles. The number of nitrogens with zero attached hydrogens (tertiary/aromatic N) is 4. The van der Waals surface area contributed by atoms with Crippen LogP contribution in [0.1, 0.15) is 11.3 Å². The molecule has 1 heterocycles. The number of phenols is 1. The summed E-state index contributed by atoms with van der Waals surface area (Å²) in [6.07, 6.45) is 1.39. The van der Waals surface area contributed by atoms with Crippen LogP contribution < -0.4 is 11.2 Å². The first-order valence-corrected chi connectivity index (χ1v) is 8.39. The first-order chi connectivity index (χ1) is 13.6. The molecule has 0 fully saturated rings. The van der Waals surface area contributed by atoms with Gasteiger partial charge in [0.05, 0.1) is 11.7 Å². The Labute approximate surface area is 159 Å². The van der Waals surface area contributed by atoms with E-state index in [1.54, 1.807) is 30.3 Å². The van der Waals surface area contributed by atoms with Gasteiger partial charge >= 0.3 is 0 Å². The zero-order valence-corrected chi connectivity index (χ0v) is 14.6. The number of rotatable bonds is 3. The molecule has 0 saturated carbocycles. The summed E-state index contributed by atoms with van der Waals surface area (Å²) >= 11 is 0. The Hall–Kier alpha value is -4.20. The van der Waals surface area contributed by atoms with E-state index in [-0.39, 0.29) is 22.8 Å². The molecule has 0 aliphatic heterocycles. The van der Waals surface area contributed by atoms with E-state index in [0.717, 1.165) is 10.8 Å². The van der Waals surface area contributed by atoms with Gasteiger partial charge in [-0.2, -0.15) is 9.83 Å². The molecule has 0 unspecified atom stereocenters. The highest BCUT2D eigenvalue weighted by Crippen LogP contribution is 2.25. The maximum Gasteiger partial charge on any atom is 0.191 e. The summed E-state index contributed by atoms with van der Waals surface area (Å²) in [4.78, 5) is 4.28. The van der Waals surface area contributed by atoms with Crippen LogP contribution in [0.5, 0.6) is 5.75 Å². The molecule has 4 rings (SSSR count). The van der Waals surface area contributed by atoms with Crippen LogP contribution in [0.4, 0.5) is 0 Å². The summed E-state index contributed by atoms with van der Waals surface area (Å²) in [7, 11) is 0.